The predicted molar refractivity (Wildman–Crippen MR) is 123 cm³/mol. The van der Waals surface area contributed by atoms with Crippen molar-refractivity contribution in [1.29, 1.82) is 0 Å². The summed E-state index contributed by atoms with van der Waals surface area (Å²) in [6.45, 7) is 4.77. The van der Waals surface area contributed by atoms with Crippen LogP contribution >= 0.6 is 0 Å². The molecule has 0 atom stereocenters. The first-order valence-corrected chi connectivity index (χ1v) is 10.5. The zero-order chi connectivity index (χ0) is 21.8. The maximum atomic E-state index is 13.2. The van der Waals surface area contributed by atoms with Crippen LogP contribution in [0.15, 0.2) is 54.6 Å². The normalized spacial score (nSPS) is 10.9. The summed E-state index contributed by atoms with van der Waals surface area (Å²) in [4.78, 5) is 18.0. The molecule has 6 nitrogen and oxygen atoms in total. The average Bonchev–Trinajstić information content (AvgIpc) is 3.23. The molecule has 31 heavy (non-hydrogen) atoms. The number of ether oxygens (including phenoxy) is 1. The second-order valence-electron chi connectivity index (χ2n) is 7.53. The maximum absolute atomic E-state index is 13.2. The molecule has 4 aromatic rings. The number of hydrogen-bond donors (Lipinski definition) is 2. The van der Waals surface area contributed by atoms with Gasteiger partial charge in [0.25, 0.3) is 5.91 Å². The molecule has 0 saturated heterocycles. The molecule has 4 rings (SSSR count). The smallest absolute Gasteiger partial charge is 0.252 e. The van der Waals surface area contributed by atoms with Crippen molar-refractivity contribution >= 4 is 16.9 Å². The molecule has 0 bridgehead atoms. The van der Waals surface area contributed by atoms with Crippen LogP contribution < -0.4 is 10.1 Å². The Labute approximate surface area is 181 Å². The summed E-state index contributed by atoms with van der Waals surface area (Å²) in [5, 5.41) is 11.3. The second kappa shape index (κ2) is 9.00. The number of amides is 1. The lowest BCUT2D eigenvalue weighted by molar-refractivity contribution is 0.0955. The molecule has 1 amide bonds. The van der Waals surface area contributed by atoms with E-state index in [0.29, 0.717) is 29.2 Å². The van der Waals surface area contributed by atoms with Crippen LogP contribution in [0.3, 0.4) is 0 Å². The van der Waals surface area contributed by atoms with Gasteiger partial charge >= 0.3 is 0 Å². The fourth-order valence-electron chi connectivity index (χ4n) is 3.60. The van der Waals surface area contributed by atoms with E-state index in [9.17, 15) is 4.79 Å². The fraction of sp³-hybridized carbons (Fsp3) is 0.240. The van der Waals surface area contributed by atoms with Gasteiger partial charge in [0.1, 0.15) is 5.75 Å². The molecule has 2 N–H and O–H groups in total. The Morgan fingerprint density at radius 3 is 2.65 bits per heavy atom. The van der Waals surface area contributed by atoms with Gasteiger partial charge in [0.05, 0.1) is 29.4 Å². The Kier molecular flexibility index (Phi) is 5.98. The first-order chi connectivity index (χ1) is 15.1. The summed E-state index contributed by atoms with van der Waals surface area (Å²) >= 11 is 0. The van der Waals surface area contributed by atoms with Gasteiger partial charge in [-0.3, -0.25) is 9.89 Å². The van der Waals surface area contributed by atoms with Crippen LogP contribution in [0, 0.1) is 6.92 Å². The summed E-state index contributed by atoms with van der Waals surface area (Å²) in [6, 6.07) is 17.6. The van der Waals surface area contributed by atoms with Crippen LogP contribution in [-0.2, 0) is 0 Å². The number of pyridine rings is 1. The number of nitrogens with one attached hydrogen (secondary N) is 2. The van der Waals surface area contributed by atoms with Gasteiger partial charge in [0, 0.05) is 17.7 Å². The van der Waals surface area contributed by atoms with E-state index in [0.717, 1.165) is 35.0 Å². The van der Waals surface area contributed by atoms with E-state index in [1.54, 1.807) is 7.11 Å². The largest absolute Gasteiger partial charge is 0.496 e. The van der Waals surface area contributed by atoms with Crippen molar-refractivity contribution in [1.82, 2.24) is 20.5 Å². The van der Waals surface area contributed by atoms with E-state index in [1.807, 2.05) is 61.5 Å². The summed E-state index contributed by atoms with van der Waals surface area (Å²) in [5.41, 5.74) is 5.42. The third-order valence-electron chi connectivity index (χ3n) is 5.31. The molecule has 6 heteroatoms. The fourth-order valence-corrected chi connectivity index (χ4v) is 3.60. The number of H-pyrrole nitrogens is 1. The number of methoxy groups -OCH3 is 1. The van der Waals surface area contributed by atoms with E-state index in [1.165, 1.54) is 5.56 Å². The SMILES string of the molecule is CCCCNC(=O)c1cc(-c2ccccc2OC)nc2n[nH]c(-c3ccc(C)cc3)c12. The molecule has 0 spiro atoms. The molecule has 0 radical (unpaired) electrons. The number of unbranched alkanes of at least 4 members (excludes halogenated alkanes) is 1. The summed E-state index contributed by atoms with van der Waals surface area (Å²) in [6.07, 6.45) is 1.94. The average molecular weight is 415 g/mol. The Morgan fingerprint density at radius 2 is 1.90 bits per heavy atom. The van der Waals surface area contributed by atoms with Crippen LogP contribution in [0.4, 0.5) is 0 Å². The number of hydrogen-bond acceptors (Lipinski definition) is 4. The highest BCUT2D eigenvalue weighted by Gasteiger charge is 2.21. The van der Waals surface area contributed by atoms with E-state index in [-0.39, 0.29) is 5.91 Å². The number of nitrogens with zero attached hydrogens (tertiary/aromatic N) is 2. The monoisotopic (exact) mass is 414 g/mol. The van der Waals surface area contributed by atoms with E-state index < -0.39 is 0 Å². The van der Waals surface area contributed by atoms with Crippen molar-refractivity contribution in [3.8, 4) is 28.3 Å². The molecular weight excluding hydrogens is 388 g/mol. The van der Waals surface area contributed by atoms with Crippen LogP contribution in [0.2, 0.25) is 0 Å². The van der Waals surface area contributed by atoms with E-state index >= 15 is 0 Å². The third-order valence-corrected chi connectivity index (χ3v) is 5.31. The number of rotatable bonds is 7. The van der Waals surface area contributed by atoms with Gasteiger partial charge < -0.3 is 10.1 Å². The molecule has 0 aliphatic rings. The van der Waals surface area contributed by atoms with Gasteiger partial charge in [0.15, 0.2) is 5.65 Å². The summed E-state index contributed by atoms with van der Waals surface area (Å²) < 4.78 is 5.51. The van der Waals surface area contributed by atoms with Gasteiger partial charge in [-0.25, -0.2) is 4.98 Å². The van der Waals surface area contributed by atoms with E-state index in [2.05, 4.69) is 22.4 Å². The van der Waals surface area contributed by atoms with Gasteiger partial charge in [-0.2, -0.15) is 5.10 Å². The quantitative estimate of drug-likeness (QED) is 0.411. The number of carbonyl (C=O) groups is 1. The lowest BCUT2D eigenvalue weighted by Crippen LogP contribution is -2.24. The van der Waals surface area contributed by atoms with Gasteiger partial charge in [-0.1, -0.05) is 55.3 Å². The molecule has 2 aromatic heterocycles. The van der Waals surface area contributed by atoms with E-state index in [4.69, 9.17) is 9.72 Å². The first-order valence-electron chi connectivity index (χ1n) is 10.5. The van der Waals surface area contributed by atoms with Crippen molar-refractivity contribution in [3.63, 3.8) is 0 Å². The number of fused-ring (bicyclic) bond motifs is 1. The van der Waals surface area contributed by atoms with Crippen LogP contribution in [0.5, 0.6) is 5.75 Å². The molecule has 0 aliphatic heterocycles. The highest BCUT2D eigenvalue weighted by molar-refractivity contribution is 6.11. The highest BCUT2D eigenvalue weighted by atomic mass is 16.5. The number of aryl methyl sites for hydroxylation is 1. The summed E-state index contributed by atoms with van der Waals surface area (Å²) in [5.74, 6) is 0.563. The molecule has 2 heterocycles. The molecule has 158 valence electrons. The minimum Gasteiger partial charge on any atom is -0.496 e. The molecule has 0 fully saturated rings. The number of carbonyl (C=O) groups excluding carboxylic acids is 1. The second-order valence-corrected chi connectivity index (χ2v) is 7.53. The summed E-state index contributed by atoms with van der Waals surface area (Å²) in [7, 11) is 1.62. The topological polar surface area (TPSA) is 79.9 Å². The Bertz CT molecular complexity index is 1210. The molecule has 0 unspecified atom stereocenters. The Morgan fingerprint density at radius 1 is 1.13 bits per heavy atom. The number of aromatic nitrogens is 3. The third kappa shape index (κ3) is 4.14. The van der Waals surface area contributed by atoms with Crippen molar-refractivity contribution in [2.75, 3.05) is 13.7 Å². The lowest BCUT2D eigenvalue weighted by Gasteiger charge is -2.11. The minimum absolute atomic E-state index is 0.133. The molecule has 0 saturated carbocycles. The molecular formula is C25H26N4O2. The Hall–Kier alpha value is -3.67. The lowest BCUT2D eigenvalue weighted by atomic mass is 10.0. The first kappa shape index (κ1) is 20.6. The van der Waals surface area contributed by atoms with Crippen molar-refractivity contribution < 1.29 is 9.53 Å². The standard InChI is InChI=1S/C25H26N4O2/c1-4-5-14-26-25(30)19-15-20(18-8-6-7-9-21(18)31-3)27-24-22(19)23(28-29-24)17-12-10-16(2)11-13-17/h6-13,15H,4-5,14H2,1-3H3,(H,26,30)(H,27,28,29). The zero-order valence-corrected chi connectivity index (χ0v) is 18.0. The van der Waals surface area contributed by atoms with Crippen molar-refractivity contribution in [3.05, 3.63) is 65.7 Å². The number of benzene rings is 2. The van der Waals surface area contributed by atoms with Gasteiger partial charge in [-0.15, -0.1) is 0 Å². The number of para-hydroxylation sites is 1. The van der Waals surface area contributed by atoms with Crippen LogP contribution in [0.1, 0.15) is 35.7 Å². The predicted octanol–water partition coefficient (Wildman–Crippen LogP) is 5.14. The maximum Gasteiger partial charge on any atom is 0.252 e. The highest BCUT2D eigenvalue weighted by Crippen LogP contribution is 2.34. The van der Waals surface area contributed by atoms with Gasteiger partial charge in [-0.05, 0) is 31.5 Å². The molecule has 0 aliphatic carbocycles. The number of aromatic amines is 1. The zero-order valence-electron chi connectivity index (χ0n) is 18.0. The van der Waals surface area contributed by atoms with Crippen molar-refractivity contribution in [2.24, 2.45) is 0 Å². The Balaban J connectivity index is 1.90. The molecule has 2 aromatic carbocycles. The van der Waals surface area contributed by atoms with Crippen LogP contribution in [0.25, 0.3) is 33.5 Å². The van der Waals surface area contributed by atoms with Crippen LogP contribution in [-0.4, -0.2) is 34.7 Å². The van der Waals surface area contributed by atoms with Crippen molar-refractivity contribution in [2.45, 2.75) is 26.7 Å². The van der Waals surface area contributed by atoms with Gasteiger partial charge in [0.2, 0.25) is 0 Å². The minimum atomic E-state index is -0.133.